The number of carbonyl (C=O) groups is 6. The number of rotatable bonds is 9. The van der Waals surface area contributed by atoms with Gasteiger partial charge < -0.3 is 23.5 Å². The van der Waals surface area contributed by atoms with Gasteiger partial charge >= 0.3 is 35.2 Å². The van der Waals surface area contributed by atoms with Crippen LogP contribution in [0.25, 0.3) is 0 Å². The smallest absolute Gasteiger partial charge is 0.747 e. The summed E-state index contributed by atoms with van der Waals surface area (Å²) in [5, 5.41) is 11.6. The van der Waals surface area contributed by atoms with Crippen LogP contribution in [-0.2, 0) is 43.8 Å². The van der Waals surface area contributed by atoms with E-state index in [2.05, 4.69) is 26.2 Å². The summed E-state index contributed by atoms with van der Waals surface area (Å²) < 4.78 is 101. The third kappa shape index (κ3) is 19.2. The Labute approximate surface area is 508 Å². The maximum atomic E-state index is 12.8. The number of hydrogen-bond acceptors (Lipinski definition) is 18. The molecule has 0 N–H and O–H groups in total. The molecule has 5 aromatic rings. The monoisotopic (exact) mass is 1260 g/mol. The fraction of sp³-hybridized carbons (Fsp3) is 0.280. The number of imide groups is 3. The number of halogens is 8. The standard InChI is InChI=1S/C9H7NO3.C8H6Cl4O.C8H6F4O.C8H10O.C7H7NO3.C5H7NO6S.C5H7NO3.Na/c1-13-10-8(11)6-4-2-3-5-7(6)9(10)12;2*1-3-4(9)6(11)8(13-2)7(12)5(3)10;1-7-3-5-8(9-2)6-4-7;1-11-7-5-3-2-4-6(7)8(9)10;1-12-6-4(7)2-3(5(6)8)13(9,10)11;1-9-6-4(7)2-3-5(6)8;/h2-5H,1H3;2*1-2H3;3-6H,1-2H3;2-5H,1H3;3H,2H2,1H3,(H,9,10,11);2-3H2,1H3;/q;;;;;;;+1/p-1. The minimum atomic E-state index is -4.77. The zero-order chi connectivity index (χ0) is 61.8. The minimum absolute atomic E-state index is 0. The second-order valence-electron chi connectivity index (χ2n) is 15.6. The topological polar surface area (TPSA) is 277 Å². The first-order valence-corrected chi connectivity index (χ1v) is 25.3. The molecule has 0 bridgehead atoms. The average Bonchev–Trinajstić information content (AvgIpc) is 4.04. The Morgan fingerprint density at radius 1 is 0.549 bits per heavy atom. The van der Waals surface area contributed by atoms with Crippen LogP contribution >= 0.6 is 46.4 Å². The van der Waals surface area contributed by atoms with Crippen molar-refractivity contribution in [3.05, 3.63) is 154 Å². The fourth-order valence-electron chi connectivity index (χ4n) is 6.35. The number of fused-ring (bicyclic) bond motifs is 1. The molecule has 32 heteroatoms. The van der Waals surface area contributed by atoms with E-state index in [0.717, 1.165) is 37.0 Å². The molecule has 0 spiro atoms. The Kier molecular flexibility index (Phi) is 31.0. The van der Waals surface area contributed by atoms with E-state index in [4.69, 9.17) is 60.6 Å². The van der Waals surface area contributed by atoms with Crippen LogP contribution < -0.4 is 48.5 Å². The predicted octanol–water partition coefficient (Wildman–Crippen LogP) is 6.55. The molecule has 0 aromatic heterocycles. The van der Waals surface area contributed by atoms with Gasteiger partial charge in [-0.2, -0.15) is 18.9 Å². The molecule has 8 rings (SSSR count). The molecular weight excluding hydrogens is 1220 g/mol. The normalized spacial score (nSPS) is 13.8. The van der Waals surface area contributed by atoms with Gasteiger partial charge in [-0.25, -0.2) is 17.2 Å². The Bertz CT molecular complexity index is 3070. The van der Waals surface area contributed by atoms with Gasteiger partial charge in [-0.3, -0.25) is 53.4 Å². The second kappa shape index (κ2) is 34.4. The molecule has 1 unspecified atom stereocenters. The molecule has 6 amide bonds. The van der Waals surface area contributed by atoms with Gasteiger partial charge in [0.05, 0.1) is 82.3 Å². The molecule has 2 saturated heterocycles. The van der Waals surface area contributed by atoms with E-state index >= 15 is 0 Å². The summed E-state index contributed by atoms with van der Waals surface area (Å²) >= 11 is 23.5. The summed E-state index contributed by atoms with van der Waals surface area (Å²) in [7, 11) is 4.32. The van der Waals surface area contributed by atoms with Gasteiger partial charge in [0.25, 0.3) is 35.4 Å². The number of aryl methyl sites for hydroxylation is 1. The molecule has 82 heavy (non-hydrogen) atoms. The van der Waals surface area contributed by atoms with E-state index in [1.165, 1.54) is 40.1 Å². The van der Waals surface area contributed by atoms with Crippen LogP contribution in [0, 0.1) is 54.2 Å². The first-order valence-electron chi connectivity index (χ1n) is 22.4. The summed E-state index contributed by atoms with van der Waals surface area (Å²) in [5.41, 5.74) is 2.00. The number of benzene rings is 5. The van der Waals surface area contributed by atoms with Crippen molar-refractivity contribution < 1.29 is 127 Å². The zero-order valence-electron chi connectivity index (χ0n) is 45.2. The van der Waals surface area contributed by atoms with E-state index < -0.39 is 84.9 Å². The Balaban J connectivity index is 0.000000480. The van der Waals surface area contributed by atoms with Gasteiger partial charge in [-0.05, 0) is 56.7 Å². The number of hydrogen-bond donors (Lipinski definition) is 0. The van der Waals surface area contributed by atoms with Crippen molar-refractivity contribution in [2.75, 3.05) is 49.8 Å². The number of nitro benzene ring substituents is 1. The molecule has 0 aliphatic carbocycles. The summed E-state index contributed by atoms with van der Waals surface area (Å²) in [6, 6.07) is 20.8. The van der Waals surface area contributed by atoms with Gasteiger partial charge in [-0.15, -0.1) is 5.06 Å². The van der Waals surface area contributed by atoms with E-state index in [9.17, 15) is 69.4 Å². The van der Waals surface area contributed by atoms with Crippen molar-refractivity contribution in [3.8, 4) is 23.0 Å². The first kappa shape index (κ1) is 73.8. The third-order valence-electron chi connectivity index (χ3n) is 10.6. The van der Waals surface area contributed by atoms with Crippen LogP contribution in [0.3, 0.4) is 0 Å². The number of para-hydroxylation sites is 2. The SMILES string of the molecule is CON1C(=O)CC(S(=O)(=O)[O-])C1=O.CON1C(=O)CCC1=O.CON1C(=O)c2ccccc2C1=O.COc1c(Cl)c(Cl)c(C)c(Cl)c1Cl.COc1c(F)c(F)c(C)c(F)c1F.COc1ccc(C)cc1.COc1ccccc1[N+](=O)[O-].[Na+]. The zero-order valence-corrected chi connectivity index (χ0v) is 51.0. The molecule has 5 aromatic carbocycles. The molecule has 3 aliphatic rings. The maximum Gasteiger partial charge on any atom is 1.00 e. The van der Waals surface area contributed by atoms with Gasteiger partial charge in [0.2, 0.25) is 11.6 Å². The van der Waals surface area contributed by atoms with E-state index in [1.54, 1.807) is 56.5 Å². The molecule has 22 nitrogen and oxygen atoms in total. The molecule has 3 heterocycles. The molecule has 2 fully saturated rings. The van der Waals surface area contributed by atoms with Gasteiger partial charge in [0.15, 0.2) is 28.9 Å². The number of nitro groups is 1. The minimum Gasteiger partial charge on any atom is -0.747 e. The third-order valence-corrected chi connectivity index (χ3v) is 13.5. The largest absolute Gasteiger partial charge is 1.00 e. The molecule has 3 aliphatic heterocycles. The van der Waals surface area contributed by atoms with Crippen molar-refractivity contribution in [1.29, 1.82) is 0 Å². The van der Waals surface area contributed by atoms with Gasteiger partial charge in [0.1, 0.15) is 31.2 Å². The number of hydroxylamine groups is 6. The van der Waals surface area contributed by atoms with Gasteiger partial charge in [0, 0.05) is 24.5 Å². The Hall–Kier alpha value is -6.21. The van der Waals surface area contributed by atoms with Crippen LogP contribution in [0.4, 0.5) is 23.2 Å². The van der Waals surface area contributed by atoms with E-state index in [0.29, 0.717) is 32.5 Å². The van der Waals surface area contributed by atoms with Crippen LogP contribution in [0.15, 0.2) is 72.8 Å². The summed E-state index contributed by atoms with van der Waals surface area (Å²) in [5.74, 6) is -8.66. The van der Waals surface area contributed by atoms with Crippen LogP contribution in [0.2, 0.25) is 20.1 Å². The molecule has 0 radical (unpaired) electrons. The molecule has 0 saturated carbocycles. The number of ether oxygens (including phenoxy) is 4. The van der Waals surface area contributed by atoms with Crippen molar-refractivity contribution in [2.45, 2.75) is 45.3 Å². The number of methoxy groups -OCH3 is 4. The number of carbonyl (C=O) groups excluding carboxylic acids is 6. The van der Waals surface area contributed by atoms with E-state index in [-0.39, 0.29) is 80.8 Å². The maximum absolute atomic E-state index is 12.8. The Morgan fingerprint density at radius 3 is 1.30 bits per heavy atom. The molecule has 440 valence electrons. The fourth-order valence-corrected chi connectivity index (χ4v) is 8.12. The first-order chi connectivity index (χ1) is 38.0. The van der Waals surface area contributed by atoms with Crippen molar-refractivity contribution >= 4 is 97.7 Å². The number of amides is 6. The van der Waals surface area contributed by atoms with Crippen LogP contribution in [-0.4, -0.2) is 124 Å². The average molecular weight is 1270 g/mol. The second-order valence-corrected chi connectivity index (χ2v) is 18.6. The summed E-state index contributed by atoms with van der Waals surface area (Å²) in [6.07, 6.45) is -0.0716. The van der Waals surface area contributed by atoms with E-state index in [1.807, 2.05) is 24.3 Å². The van der Waals surface area contributed by atoms with Crippen molar-refractivity contribution in [1.82, 2.24) is 15.2 Å². The van der Waals surface area contributed by atoms with Crippen molar-refractivity contribution in [3.63, 3.8) is 0 Å². The molecule has 1 atom stereocenters. The van der Waals surface area contributed by atoms with Crippen LogP contribution in [0.1, 0.15) is 56.7 Å². The quantitative estimate of drug-likeness (QED) is 0.0288. The molecular formula is C50H49Cl4F4N4NaO18S. The summed E-state index contributed by atoms with van der Waals surface area (Å²) in [4.78, 5) is 89.1. The van der Waals surface area contributed by atoms with Gasteiger partial charge in [-0.1, -0.05) is 88.4 Å². The van der Waals surface area contributed by atoms with Crippen LogP contribution in [0.5, 0.6) is 23.0 Å². The predicted molar refractivity (Wildman–Crippen MR) is 282 cm³/mol. The van der Waals surface area contributed by atoms with Crippen molar-refractivity contribution in [2.24, 2.45) is 0 Å². The number of nitrogens with zero attached hydrogens (tertiary/aromatic N) is 4. The summed E-state index contributed by atoms with van der Waals surface area (Å²) in [6.45, 7) is 4.73. The Morgan fingerprint density at radius 2 is 0.976 bits per heavy atom.